The first-order valence-corrected chi connectivity index (χ1v) is 9.29. The van der Waals surface area contributed by atoms with Crippen molar-refractivity contribution >= 4 is 21.6 Å². The lowest BCUT2D eigenvalue weighted by atomic mass is 9.79. The van der Waals surface area contributed by atoms with Crippen molar-refractivity contribution in [1.82, 2.24) is 4.31 Å². The number of piperidine rings is 1. The van der Waals surface area contributed by atoms with E-state index in [1.165, 1.54) is 12.5 Å². The summed E-state index contributed by atoms with van der Waals surface area (Å²) in [5, 5.41) is -0.0343. The normalized spacial score (nSPS) is 27.3. The molecule has 2 aliphatic rings. The molecule has 0 bridgehead atoms. The minimum Gasteiger partial charge on any atom is -0.207 e. The fraction of sp³-hybridized carbons (Fsp3) is 0.600. The number of sulfonamides is 1. The molecule has 0 radical (unpaired) electrons. The van der Waals surface area contributed by atoms with Crippen LogP contribution in [0.4, 0.5) is 4.39 Å². The molecule has 1 aromatic rings. The Labute approximate surface area is 130 Å². The van der Waals surface area contributed by atoms with Crippen LogP contribution in [0, 0.1) is 11.7 Å². The lowest BCUT2D eigenvalue weighted by Crippen LogP contribution is -2.49. The van der Waals surface area contributed by atoms with Gasteiger partial charge in [0.2, 0.25) is 10.0 Å². The Hall–Kier alpha value is -0.650. The lowest BCUT2D eigenvalue weighted by molar-refractivity contribution is 0.129. The molecule has 0 amide bonds. The van der Waals surface area contributed by atoms with Gasteiger partial charge in [0.25, 0.3) is 0 Å². The van der Waals surface area contributed by atoms with Crippen LogP contribution in [0.3, 0.4) is 0 Å². The third kappa shape index (κ3) is 2.83. The first kappa shape index (κ1) is 15.3. The molecule has 1 aliphatic carbocycles. The molecule has 0 aromatic heterocycles. The summed E-state index contributed by atoms with van der Waals surface area (Å²) in [5.41, 5.74) is 0. The number of nitrogens with zero attached hydrogens (tertiary/aromatic N) is 1. The molecule has 0 N–H and O–H groups in total. The van der Waals surface area contributed by atoms with E-state index in [9.17, 15) is 12.8 Å². The van der Waals surface area contributed by atoms with Crippen LogP contribution in [-0.4, -0.2) is 25.3 Å². The van der Waals surface area contributed by atoms with E-state index in [-0.39, 0.29) is 16.0 Å². The topological polar surface area (TPSA) is 37.4 Å². The Balaban J connectivity index is 1.96. The second-order valence-corrected chi connectivity index (χ2v) is 8.21. The maximum Gasteiger partial charge on any atom is 0.244 e. The van der Waals surface area contributed by atoms with Crippen LogP contribution in [0.5, 0.6) is 0 Å². The number of benzene rings is 1. The summed E-state index contributed by atoms with van der Waals surface area (Å²) in [4.78, 5) is 0.0248. The number of halogens is 2. The van der Waals surface area contributed by atoms with Crippen molar-refractivity contribution in [3.63, 3.8) is 0 Å². The van der Waals surface area contributed by atoms with Crippen LogP contribution >= 0.6 is 11.6 Å². The zero-order valence-electron chi connectivity index (χ0n) is 11.8. The highest BCUT2D eigenvalue weighted by Crippen LogP contribution is 2.39. The van der Waals surface area contributed by atoms with Gasteiger partial charge in [-0.1, -0.05) is 24.4 Å². The standard InChI is InChI=1S/C15H19ClFNO2S/c16-13-10-12(17)7-8-15(13)21(19,20)18-9-3-5-11-4-1-2-6-14(11)18/h7-8,10-11,14H,1-6,9H2. The molecule has 1 saturated carbocycles. The van der Waals surface area contributed by atoms with Gasteiger partial charge in [-0.2, -0.15) is 4.31 Å². The van der Waals surface area contributed by atoms with Crippen molar-refractivity contribution in [3.8, 4) is 0 Å². The van der Waals surface area contributed by atoms with Gasteiger partial charge in [0.05, 0.1) is 5.02 Å². The number of fused-ring (bicyclic) bond motifs is 1. The minimum absolute atomic E-state index is 0.0248. The molecule has 2 fully saturated rings. The van der Waals surface area contributed by atoms with Crippen molar-refractivity contribution in [2.45, 2.75) is 49.5 Å². The highest BCUT2D eigenvalue weighted by Gasteiger charge is 2.40. The number of rotatable bonds is 2. The Morgan fingerprint density at radius 1 is 1.14 bits per heavy atom. The van der Waals surface area contributed by atoms with E-state index in [1.807, 2.05) is 0 Å². The summed E-state index contributed by atoms with van der Waals surface area (Å²) in [5.74, 6) is -0.0605. The van der Waals surface area contributed by atoms with Crippen molar-refractivity contribution in [2.75, 3.05) is 6.54 Å². The van der Waals surface area contributed by atoms with Crippen LogP contribution in [0.1, 0.15) is 38.5 Å². The van der Waals surface area contributed by atoms with Crippen LogP contribution < -0.4 is 0 Å². The molecule has 21 heavy (non-hydrogen) atoms. The molecule has 3 nitrogen and oxygen atoms in total. The van der Waals surface area contributed by atoms with Crippen LogP contribution in [-0.2, 0) is 10.0 Å². The maximum absolute atomic E-state index is 13.2. The van der Waals surface area contributed by atoms with E-state index in [0.29, 0.717) is 12.5 Å². The van der Waals surface area contributed by atoms with Gasteiger partial charge >= 0.3 is 0 Å². The smallest absolute Gasteiger partial charge is 0.207 e. The van der Waals surface area contributed by atoms with E-state index in [0.717, 1.165) is 44.2 Å². The summed E-state index contributed by atoms with van der Waals surface area (Å²) in [6.45, 7) is 0.539. The Morgan fingerprint density at radius 3 is 2.62 bits per heavy atom. The molecular formula is C15H19ClFNO2S. The summed E-state index contributed by atoms with van der Waals surface area (Å²) in [6, 6.07) is 3.58. The average molecular weight is 332 g/mol. The average Bonchev–Trinajstić information content (AvgIpc) is 2.46. The lowest BCUT2D eigenvalue weighted by Gasteiger charge is -2.43. The highest BCUT2D eigenvalue weighted by atomic mass is 35.5. The summed E-state index contributed by atoms with van der Waals surface area (Å²) in [7, 11) is -3.65. The number of hydrogen-bond acceptors (Lipinski definition) is 2. The van der Waals surface area contributed by atoms with E-state index < -0.39 is 15.8 Å². The van der Waals surface area contributed by atoms with Gasteiger partial charge in [-0.25, -0.2) is 12.8 Å². The van der Waals surface area contributed by atoms with Crippen molar-refractivity contribution in [3.05, 3.63) is 29.0 Å². The van der Waals surface area contributed by atoms with E-state index >= 15 is 0 Å². The van der Waals surface area contributed by atoms with Crippen molar-refractivity contribution < 1.29 is 12.8 Å². The van der Waals surface area contributed by atoms with Gasteiger partial charge in [0, 0.05) is 12.6 Å². The van der Waals surface area contributed by atoms with Crippen molar-refractivity contribution in [1.29, 1.82) is 0 Å². The van der Waals surface area contributed by atoms with Gasteiger partial charge in [0.15, 0.2) is 0 Å². The summed E-state index contributed by atoms with van der Waals surface area (Å²) >= 11 is 5.96. The first-order valence-electron chi connectivity index (χ1n) is 7.47. The van der Waals surface area contributed by atoms with E-state index in [1.54, 1.807) is 4.31 Å². The van der Waals surface area contributed by atoms with E-state index in [2.05, 4.69) is 0 Å². The Kier molecular flexibility index (Phi) is 4.26. The largest absolute Gasteiger partial charge is 0.244 e. The molecular weight excluding hydrogens is 313 g/mol. The zero-order valence-corrected chi connectivity index (χ0v) is 13.3. The second-order valence-electron chi connectivity index (χ2n) is 5.94. The van der Waals surface area contributed by atoms with Gasteiger partial charge in [-0.15, -0.1) is 0 Å². The molecule has 6 heteroatoms. The van der Waals surface area contributed by atoms with E-state index in [4.69, 9.17) is 11.6 Å². The monoisotopic (exact) mass is 331 g/mol. The van der Waals surface area contributed by atoms with Crippen LogP contribution in [0.25, 0.3) is 0 Å². The molecule has 116 valence electrons. The van der Waals surface area contributed by atoms with Crippen molar-refractivity contribution in [2.24, 2.45) is 5.92 Å². The zero-order chi connectivity index (χ0) is 15.0. The molecule has 1 aliphatic heterocycles. The highest BCUT2D eigenvalue weighted by molar-refractivity contribution is 7.89. The van der Waals surface area contributed by atoms with Crippen LogP contribution in [0.15, 0.2) is 23.1 Å². The molecule has 1 heterocycles. The third-order valence-corrected chi connectivity index (χ3v) is 7.08. The van der Waals surface area contributed by atoms with Gasteiger partial charge < -0.3 is 0 Å². The molecule has 1 aromatic carbocycles. The molecule has 2 atom stereocenters. The third-order valence-electron chi connectivity index (χ3n) is 4.67. The predicted octanol–water partition coefficient (Wildman–Crippen LogP) is 3.82. The summed E-state index contributed by atoms with van der Waals surface area (Å²) < 4.78 is 40.6. The Morgan fingerprint density at radius 2 is 1.86 bits per heavy atom. The summed E-state index contributed by atoms with van der Waals surface area (Å²) in [6.07, 6.45) is 6.28. The maximum atomic E-state index is 13.2. The first-order chi connectivity index (χ1) is 10.00. The van der Waals surface area contributed by atoms with Gasteiger partial charge in [-0.05, 0) is 49.8 Å². The van der Waals surface area contributed by atoms with Gasteiger partial charge in [0.1, 0.15) is 10.7 Å². The fourth-order valence-electron chi connectivity index (χ4n) is 3.69. The van der Waals surface area contributed by atoms with Gasteiger partial charge in [-0.3, -0.25) is 0 Å². The molecule has 3 rings (SSSR count). The predicted molar refractivity (Wildman–Crippen MR) is 80.3 cm³/mol. The SMILES string of the molecule is O=S(=O)(c1ccc(F)cc1Cl)N1CCCC2CCCCC21. The molecule has 1 saturated heterocycles. The fourth-order valence-corrected chi connectivity index (χ4v) is 5.95. The quantitative estimate of drug-likeness (QED) is 0.826. The number of hydrogen-bond donors (Lipinski definition) is 0. The molecule has 0 spiro atoms. The van der Waals surface area contributed by atoms with Crippen LogP contribution in [0.2, 0.25) is 5.02 Å². The molecule has 2 unspecified atom stereocenters. The second kappa shape index (κ2) is 5.86. The minimum atomic E-state index is -3.65. The Bertz CT molecular complexity index is 633.